The molecule has 0 aliphatic heterocycles. The van der Waals surface area contributed by atoms with Crippen LogP contribution in [-0.2, 0) is 0 Å². The normalized spacial score (nSPS) is 12.0. The molecule has 0 saturated heterocycles. The molecule has 0 atom stereocenters. The van der Waals surface area contributed by atoms with Crippen molar-refractivity contribution in [2.24, 2.45) is 0 Å². The zero-order chi connectivity index (χ0) is 17.2. The fourth-order valence-electron chi connectivity index (χ4n) is 3.30. The molecule has 0 amide bonds. The molecule has 0 spiro atoms. The van der Waals surface area contributed by atoms with E-state index in [0.717, 1.165) is 0 Å². The van der Waals surface area contributed by atoms with E-state index in [9.17, 15) is 0 Å². The first-order valence-electron chi connectivity index (χ1n) is 10.9. The van der Waals surface area contributed by atoms with Gasteiger partial charge >= 0.3 is 0 Å². The Balaban J connectivity index is 3.33. The molecule has 23 heavy (non-hydrogen) atoms. The van der Waals surface area contributed by atoms with Gasteiger partial charge in [0.25, 0.3) is 0 Å². The molecule has 0 saturated carbocycles. The third-order valence-corrected chi connectivity index (χ3v) is 5.04. The lowest BCUT2D eigenvalue weighted by Gasteiger charge is -2.26. The van der Waals surface area contributed by atoms with Crippen molar-refractivity contribution in [3.8, 4) is 0 Å². The Bertz CT molecular complexity index is 222. The van der Waals surface area contributed by atoms with Crippen LogP contribution in [0.4, 0.5) is 0 Å². The second-order valence-electron chi connectivity index (χ2n) is 8.16. The molecule has 0 fully saturated rings. The summed E-state index contributed by atoms with van der Waals surface area (Å²) in [7, 11) is 0. The first-order valence-corrected chi connectivity index (χ1v) is 10.9. The molecule has 0 rings (SSSR count). The largest absolute Gasteiger partial charge is 0.312 e. The predicted octanol–water partition coefficient (Wildman–Crippen LogP) is 7.64. The third-order valence-electron chi connectivity index (χ3n) is 5.04. The van der Waals surface area contributed by atoms with Crippen molar-refractivity contribution in [1.82, 2.24) is 5.32 Å². The molecule has 0 aromatic carbocycles. The Hall–Kier alpha value is -0.0400. The summed E-state index contributed by atoms with van der Waals surface area (Å²) in [5, 5.41) is 3.78. The molecule has 0 radical (unpaired) electrons. The highest BCUT2D eigenvalue weighted by molar-refractivity contribution is 4.77. The Morgan fingerprint density at radius 2 is 0.913 bits per heavy atom. The lowest BCUT2D eigenvalue weighted by atomic mass is 9.95. The molecular formula is C22H47N. The van der Waals surface area contributed by atoms with E-state index >= 15 is 0 Å². The number of rotatable bonds is 18. The summed E-state index contributed by atoms with van der Waals surface area (Å²) in [4.78, 5) is 0. The summed E-state index contributed by atoms with van der Waals surface area (Å²) < 4.78 is 0. The van der Waals surface area contributed by atoms with Crippen LogP contribution in [0.3, 0.4) is 0 Å². The topological polar surface area (TPSA) is 12.0 Å². The quantitative estimate of drug-likeness (QED) is 0.255. The Morgan fingerprint density at radius 3 is 1.39 bits per heavy atom. The molecule has 140 valence electrons. The average Bonchev–Trinajstić information content (AvgIpc) is 2.52. The van der Waals surface area contributed by atoms with E-state index in [4.69, 9.17) is 0 Å². The maximum Gasteiger partial charge on any atom is 0.0125 e. The van der Waals surface area contributed by atoms with Crippen molar-refractivity contribution in [3.05, 3.63) is 0 Å². The van der Waals surface area contributed by atoms with Crippen LogP contribution in [0.1, 0.15) is 130 Å². The van der Waals surface area contributed by atoms with Crippen molar-refractivity contribution in [2.75, 3.05) is 6.54 Å². The average molecular weight is 326 g/mol. The fourth-order valence-corrected chi connectivity index (χ4v) is 3.30. The summed E-state index contributed by atoms with van der Waals surface area (Å²) >= 11 is 0. The van der Waals surface area contributed by atoms with Crippen LogP contribution in [0.2, 0.25) is 0 Å². The van der Waals surface area contributed by atoms with E-state index in [1.165, 1.54) is 109 Å². The van der Waals surface area contributed by atoms with Gasteiger partial charge in [0, 0.05) is 5.54 Å². The maximum atomic E-state index is 3.78. The molecule has 0 heterocycles. The van der Waals surface area contributed by atoms with Gasteiger partial charge in [-0.15, -0.1) is 0 Å². The first-order chi connectivity index (χ1) is 11.1. The van der Waals surface area contributed by atoms with Crippen LogP contribution >= 0.6 is 0 Å². The molecule has 1 nitrogen and oxygen atoms in total. The minimum atomic E-state index is 0.338. The van der Waals surface area contributed by atoms with Crippen LogP contribution in [-0.4, -0.2) is 12.1 Å². The SMILES string of the molecule is CCCCCCCCCCNC(C)(C)CCCCCCCCC. The highest BCUT2D eigenvalue weighted by Gasteiger charge is 2.15. The van der Waals surface area contributed by atoms with Crippen LogP contribution in [0.15, 0.2) is 0 Å². The van der Waals surface area contributed by atoms with E-state index in [2.05, 4.69) is 33.0 Å². The maximum absolute atomic E-state index is 3.78. The van der Waals surface area contributed by atoms with Gasteiger partial charge in [0.2, 0.25) is 0 Å². The summed E-state index contributed by atoms with van der Waals surface area (Å²) in [5.74, 6) is 0. The first kappa shape index (κ1) is 23.0. The summed E-state index contributed by atoms with van der Waals surface area (Å²) in [5.41, 5.74) is 0.338. The van der Waals surface area contributed by atoms with Gasteiger partial charge in [0.1, 0.15) is 0 Å². The van der Waals surface area contributed by atoms with Crippen LogP contribution in [0, 0.1) is 0 Å². The number of unbranched alkanes of at least 4 members (excludes halogenated alkanes) is 13. The van der Waals surface area contributed by atoms with Crippen LogP contribution in [0.5, 0.6) is 0 Å². The van der Waals surface area contributed by atoms with Gasteiger partial charge in [-0.3, -0.25) is 0 Å². The standard InChI is InChI=1S/C22H47N/c1-5-7-9-11-13-15-17-19-21-23-22(3,4)20-18-16-14-12-10-8-6-2/h23H,5-21H2,1-4H3. The van der Waals surface area contributed by atoms with E-state index in [1.807, 2.05) is 0 Å². The minimum absolute atomic E-state index is 0.338. The van der Waals surface area contributed by atoms with Crippen LogP contribution < -0.4 is 5.32 Å². The van der Waals surface area contributed by atoms with Gasteiger partial charge in [-0.25, -0.2) is 0 Å². The van der Waals surface area contributed by atoms with Crippen molar-refractivity contribution < 1.29 is 0 Å². The molecule has 0 aliphatic carbocycles. The molecular weight excluding hydrogens is 278 g/mol. The Kier molecular flexibility index (Phi) is 16.8. The minimum Gasteiger partial charge on any atom is -0.312 e. The van der Waals surface area contributed by atoms with E-state index in [1.54, 1.807) is 0 Å². The lowest BCUT2D eigenvalue weighted by molar-refractivity contribution is 0.342. The Morgan fingerprint density at radius 1 is 0.522 bits per heavy atom. The number of nitrogens with one attached hydrogen (secondary N) is 1. The number of hydrogen-bond donors (Lipinski definition) is 1. The van der Waals surface area contributed by atoms with E-state index in [-0.39, 0.29) is 0 Å². The Labute approximate surface area is 148 Å². The molecule has 1 heteroatoms. The molecule has 0 aromatic heterocycles. The summed E-state index contributed by atoms with van der Waals surface area (Å²) in [6, 6.07) is 0. The van der Waals surface area contributed by atoms with E-state index in [0.29, 0.717) is 5.54 Å². The molecule has 0 aliphatic rings. The molecule has 0 bridgehead atoms. The third kappa shape index (κ3) is 18.1. The van der Waals surface area contributed by atoms with Gasteiger partial charge in [0.05, 0.1) is 0 Å². The van der Waals surface area contributed by atoms with Crippen molar-refractivity contribution >= 4 is 0 Å². The van der Waals surface area contributed by atoms with Gasteiger partial charge < -0.3 is 5.32 Å². The highest BCUT2D eigenvalue weighted by atomic mass is 14.9. The summed E-state index contributed by atoms with van der Waals surface area (Å²) in [6.45, 7) is 10.6. The fraction of sp³-hybridized carbons (Fsp3) is 1.00. The molecule has 1 N–H and O–H groups in total. The van der Waals surface area contributed by atoms with Gasteiger partial charge in [0.15, 0.2) is 0 Å². The lowest BCUT2D eigenvalue weighted by Crippen LogP contribution is -2.39. The van der Waals surface area contributed by atoms with Crippen LogP contribution in [0.25, 0.3) is 0 Å². The second kappa shape index (κ2) is 16.8. The summed E-state index contributed by atoms with van der Waals surface area (Å²) in [6.07, 6.45) is 22.6. The zero-order valence-corrected chi connectivity index (χ0v) is 17.0. The van der Waals surface area contributed by atoms with Crippen molar-refractivity contribution in [2.45, 2.75) is 136 Å². The van der Waals surface area contributed by atoms with Gasteiger partial charge in [-0.1, -0.05) is 104 Å². The van der Waals surface area contributed by atoms with E-state index < -0.39 is 0 Å². The van der Waals surface area contributed by atoms with Crippen molar-refractivity contribution in [1.29, 1.82) is 0 Å². The smallest absolute Gasteiger partial charge is 0.0125 e. The highest BCUT2D eigenvalue weighted by Crippen LogP contribution is 2.16. The van der Waals surface area contributed by atoms with Gasteiger partial charge in [-0.2, -0.15) is 0 Å². The molecule has 0 unspecified atom stereocenters. The zero-order valence-electron chi connectivity index (χ0n) is 17.0. The van der Waals surface area contributed by atoms with Gasteiger partial charge in [-0.05, 0) is 33.2 Å². The number of hydrogen-bond acceptors (Lipinski definition) is 1. The predicted molar refractivity (Wildman–Crippen MR) is 107 cm³/mol. The molecule has 0 aromatic rings. The second-order valence-corrected chi connectivity index (χ2v) is 8.16. The monoisotopic (exact) mass is 325 g/mol. The van der Waals surface area contributed by atoms with Crippen molar-refractivity contribution in [3.63, 3.8) is 0 Å².